The third-order valence-electron chi connectivity index (χ3n) is 3.10. The maximum absolute atomic E-state index is 12.3. The minimum Gasteiger partial charge on any atom is -0.392 e. The molecule has 0 radical (unpaired) electrons. The van der Waals surface area contributed by atoms with E-state index in [-0.39, 0.29) is 18.0 Å². The zero-order valence-corrected chi connectivity index (χ0v) is 13.1. The average molecular weight is 326 g/mol. The summed E-state index contributed by atoms with van der Waals surface area (Å²) < 4.78 is 27.2. The maximum Gasteiger partial charge on any atom is 0.241 e. The number of nitrogens with one attached hydrogen (secondary N) is 1. The van der Waals surface area contributed by atoms with Gasteiger partial charge in [0.1, 0.15) is 0 Å². The van der Waals surface area contributed by atoms with Crippen LogP contribution in [0.4, 0.5) is 0 Å². The molecule has 0 fully saturated rings. The van der Waals surface area contributed by atoms with E-state index in [1.807, 2.05) is 0 Å². The molecule has 6 heteroatoms. The van der Waals surface area contributed by atoms with Crippen molar-refractivity contribution >= 4 is 21.6 Å². The van der Waals surface area contributed by atoms with Gasteiger partial charge in [-0.25, -0.2) is 13.1 Å². The lowest BCUT2D eigenvalue weighted by Crippen LogP contribution is -2.24. The van der Waals surface area contributed by atoms with Gasteiger partial charge in [0.25, 0.3) is 0 Å². The zero-order valence-electron chi connectivity index (χ0n) is 11.5. The van der Waals surface area contributed by atoms with Crippen molar-refractivity contribution in [1.29, 1.82) is 0 Å². The molecule has 0 aliphatic rings. The molecule has 2 rings (SSSR count). The molecule has 4 nitrogen and oxygen atoms in total. The third kappa shape index (κ3) is 4.04. The molecule has 0 heterocycles. The average Bonchev–Trinajstić information content (AvgIpc) is 2.47. The monoisotopic (exact) mass is 325 g/mol. The molecule has 0 unspecified atom stereocenters. The van der Waals surface area contributed by atoms with E-state index in [0.29, 0.717) is 16.1 Å². The Labute approximate surface area is 129 Å². The molecule has 2 aromatic rings. The number of halogens is 1. The zero-order chi connectivity index (χ0) is 15.5. The Kier molecular flexibility index (Phi) is 5.00. The first-order chi connectivity index (χ1) is 9.92. The number of aryl methyl sites for hydroxylation is 1. The fourth-order valence-corrected chi connectivity index (χ4v) is 3.33. The van der Waals surface area contributed by atoms with Crippen molar-refractivity contribution in [3.8, 4) is 0 Å². The second kappa shape index (κ2) is 6.58. The van der Waals surface area contributed by atoms with E-state index in [1.54, 1.807) is 43.3 Å². The summed E-state index contributed by atoms with van der Waals surface area (Å²) in [6, 6.07) is 11.8. The normalized spacial score (nSPS) is 11.6. The lowest BCUT2D eigenvalue weighted by Gasteiger charge is -2.10. The minimum absolute atomic E-state index is 0.183. The van der Waals surface area contributed by atoms with Gasteiger partial charge in [-0.2, -0.15) is 0 Å². The highest BCUT2D eigenvalue weighted by Crippen LogP contribution is 2.18. The molecule has 0 aromatic heterocycles. The number of hydrogen-bond acceptors (Lipinski definition) is 3. The van der Waals surface area contributed by atoms with Crippen molar-refractivity contribution in [3.63, 3.8) is 0 Å². The molecule has 2 aromatic carbocycles. The molecule has 112 valence electrons. The second-order valence-electron chi connectivity index (χ2n) is 4.71. The molecule has 0 amide bonds. The fraction of sp³-hybridized carbons (Fsp3) is 0.200. The Morgan fingerprint density at radius 3 is 2.33 bits per heavy atom. The smallest absolute Gasteiger partial charge is 0.241 e. The van der Waals surface area contributed by atoms with Crippen LogP contribution in [0.5, 0.6) is 0 Å². The van der Waals surface area contributed by atoms with Gasteiger partial charge in [-0.3, -0.25) is 0 Å². The molecule has 21 heavy (non-hydrogen) atoms. The van der Waals surface area contributed by atoms with Gasteiger partial charge < -0.3 is 5.11 Å². The topological polar surface area (TPSA) is 66.4 Å². The first kappa shape index (κ1) is 16.0. The predicted molar refractivity (Wildman–Crippen MR) is 82.6 cm³/mol. The van der Waals surface area contributed by atoms with Crippen LogP contribution in [0, 0.1) is 6.92 Å². The van der Waals surface area contributed by atoms with Gasteiger partial charge in [0, 0.05) is 11.6 Å². The summed E-state index contributed by atoms with van der Waals surface area (Å²) in [4.78, 5) is 0.183. The van der Waals surface area contributed by atoms with Crippen molar-refractivity contribution in [3.05, 3.63) is 64.2 Å². The predicted octanol–water partition coefficient (Wildman–Crippen LogP) is 2.62. The SMILES string of the molecule is Cc1ccc(CO)cc1S(=O)(=O)NCc1ccc(Cl)cc1. The van der Waals surface area contributed by atoms with Gasteiger partial charge in [0.2, 0.25) is 10.0 Å². The highest BCUT2D eigenvalue weighted by molar-refractivity contribution is 7.89. The summed E-state index contributed by atoms with van der Waals surface area (Å²) in [5.41, 5.74) is 2.02. The highest BCUT2D eigenvalue weighted by atomic mass is 35.5. The van der Waals surface area contributed by atoms with Crippen LogP contribution in [-0.4, -0.2) is 13.5 Å². The quantitative estimate of drug-likeness (QED) is 0.888. The summed E-state index contributed by atoms with van der Waals surface area (Å²) in [6.07, 6.45) is 0. The van der Waals surface area contributed by atoms with Crippen LogP contribution in [0.2, 0.25) is 5.02 Å². The van der Waals surface area contributed by atoms with E-state index in [0.717, 1.165) is 5.56 Å². The molecule has 0 bridgehead atoms. The third-order valence-corrected chi connectivity index (χ3v) is 4.90. The summed E-state index contributed by atoms with van der Waals surface area (Å²) in [5, 5.41) is 9.73. The van der Waals surface area contributed by atoms with E-state index in [4.69, 9.17) is 16.7 Å². The maximum atomic E-state index is 12.3. The molecule has 0 saturated carbocycles. The molecule has 0 atom stereocenters. The van der Waals surface area contributed by atoms with Crippen molar-refractivity contribution in [2.24, 2.45) is 0 Å². The van der Waals surface area contributed by atoms with Crippen molar-refractivity contribution < 1.29 is 13.5 Å². The van der Waals surface area contributed by atoms with Crippen LogP contribution in [-0.2, 0) is 23.2 Å². The number of sulfonamides is 1. The summed E-state index contributed by atoms with van der Waals surface area (Å²) in [5.74, 6) is 0. The van der Waals surface area contributed by atoms with Crippen molar-refractivity contribution in [1.82, 2.24) is 4.72 Å². The van der Waals surface area contributed by atoms with Crippen LogP contribution in [0.3, 0.4) is 0 Å². The van der Waals surface area contributed by atoms with Crippen molar-refractivity contribution in [2.75, 3.05) is 0 Å². The van der Waals surface area contributed by atoms with Crippen molar-refractivity contribution in [2.45, 2.75) is 25.0 Å². The van der Waals surface area contributed by atoms with Gasteiger partial charge in [-0.15, -0.1) is 0 Å². The standard InChI is InChI=1S/C15H16ClNO3S/c1-11-2-3-13(10-18)8-15(11)21(19,20)17-9-12-4-6-14(16)7-5-12/h2-8,17-18H,9-10H2,1H3. The second-order valence-corrected chi connectivity index (χ2v) is 6.88. The highest BCUT2D eigenvalue weighted by Gasteiger charge is 2.17. The van der Waals surface area contributed by atoms with Crippen LogP contribution in [0.25, 0.3) is 0 Å². The van der Waals surface area contributed by atoms with Gasteiger partial charge in [0.15, 0.2) is 0 Å². The van der Waals surface area contributed by atoms with Gasteiger partial charge in [-0.05, 0) is 41.8 Å². The van der Waals surface area contributed by atoms with Crippen LogP contribution in [0.1, 0.15) is 16.7 Å². The number of aliphatic hydroxyl groups is 1. The summed E-state index contributed by atoms with van der Waals surface area (Å²) in [6.45, 7) is 1.71. The van der Waals surface area contributed by atoms with E-state index in [9.17, 15) is 8.42 Å². The molecule has 0 aliphatic heterocycles. The number of aliphatic hydroxyl groups excluding tert-OH is 1. The van der Waals surface area contributed by atoms with Crippen LogP contribution < -0.4 is 4.72 Å². The number of hydrogen-bond donors (Lipinski definition) is 2. The van der Waals surface area contributed by atoms with Gasteiger partial charge in [-0.1, -0.05) is 35.9 Å². The Hall–Kier alpha value is -1.40. The molecular weight excluding hydrogens is 310 g/mol. The Morgan fingerprint density at radius 2 is 1.71 bits per heavy atom. The first-order valence-electron chi connectivity index (χ1n) is 6.37. The summed E-state index contributed by atoms with van der Waals surface area (Å²) >= 11 is 5.79. The Balaban J connectivity index is 2.20. The minimum atomic E-state index is -3.63. The molecule has 0 aliphatic carbocycles. The number of benzene rings is 2. The first-order valence-corrected chi connectivity index (χ1v) is 8.23. The van der Waals surface area contributed by atoms with Crippen LogP contribution >= 0.6 is 11.6 Å². The fourth-order valence-electron chi connectivity index (χ4n) is 1.89. The lowest BCUT2D eigenvalue weighted by atomic mass is 10.2. The largest absolute Gasteiger partial charge is 0.392 e. The van der Waals surface area contributed by atoms with Gasteiger partial charge >= 0.3 is 0 Å². The lowest BCUT2D eigenvalue weighted by molar-refractivity contribution is 0.281. The van der Waals surface area contributed by atoms with E-state index in [1.165, 1.54) is 6.07 Å². The summed E-state index contributed by atoms with van der Waals surface area (Å²) in [7, 11) is -3.63. The van der Waals surface area contributed by atoms with E-state index >= 15 is 0 Å². The van der Waals surface area contributed by atoms with Gasteiger partial charge in [0.05, 0.1) is 11.5 Å². The molecule has 0 saturated heterocycles. The number of rotatable bonds is 5. The van der Waals surface area contributed by atoms with E-state index < -0.39 is 10.0 Å². The van der Waals surface area contributed by atoms with E-state index in [2.05, 4.69) is 4.72 Å². The Morgan fingerprint density at radius 1 is 1.10 bits per heavy atom. The molecule has 2 N–H and O–H groups in total. The molecular formula is C15H16ClNO3S. The Bertz CT molecular complexity index is 727. The molecule has 0 spiro atoms. The van der Waals surface area contributed by atoms with Crippen LogP contribution in [0.15, 0.2) is 47.4 Å².